The van der Waals surface area contributed by atoms with Crippen molar-refractivity contribution < 1.29 is 22.8 Å². The summed E-state index contributed by atoms with van der Waals surface area (Å²) >= 11 is 6.29. The van der Waals surface area contributed by atoms with E-state index in [1.165, 1.54) is 11.0 Å². The Morgan fingerprint density at radius 1 is 1.06 bits per heavy atom. The molecule has 0 aliphatic carbocycles. The van der Waals surface area contributed by atoms with Crippen LogP contribution in [0.2, 0.25) is 5.02 Å². The molecule has 0 unspecified atom stereocenters. The standard InChI is InChI=1S/C26H32ClF3N4O2/c1-25(2)17-31-14-19-20(25)9-7-11-22(19)34(24(36)26(28,29)30)16-23(35)33(13-12-32(3)4)15-18-8-5-6-10-21(18)27/h5-11,31H,12-17H2,1-4H3. The number of rotatable bonds is 8. The van der Waals surface area contributed by atoms with Crippen molar-refractivity contribution >= 4 is 29.1 Å². The molecule has 36 heavy (non-hydrogen) atoms. The Labute approximate surface area is 215 Å². The third-order valence-electron chi connectivity index (χ3n) is 6.31. The molecular formula is C26H32ClF3N4O2. The Kier molecular flexibility index (Phi) is 8.69. The quantitative estimate of drug-likeness (QED) is 0.562. The van der Waals surface area contributed by atoms with Gasteiger partial charge < -0.3 is 15.1 Å². The van der Waals surface area contributed by atoms with Crippen LogP contribution in [-0.4, -0.2) is 68.1 Å². The monoisotopic (exact) mass is 524 g/mol. The summed E-state index contributed by atoms with van der Waals surface area (Å²) < 4.78 is 41.2. The summed E-state index contributed by atoms with van der Waals surface area (Å²) in [4.78, 5) is 30.0. The van der Waals surface area contributed by atoms with Gasteiger partial charge in [0, 0.05) is 48.8 Å². The van der Waals surface area contributed by atoms with Gasteiger partial charge in [0.05, 0.1) is 0 Å². The van der Waals surface area contributed by atoms with Crippen LogP contribution in [0.4, 0.5) is 18.9 Å². The molecule has 0 bridgehead atoms. The van der Waals surface area contributed by atoms with Crippen molar-refractivity contribution in [2.75, 3.05) is 45.2 Å². The molecule has 0 saturated heterocycles. The lowest BCUT2D eigenvalue weighted by molar-refractivity contribution is -0.170. The second-order valence-electron chi connectivity index (χ2n) is 9.89. The first kappa shape index (κ1) is 28.0. The smallest absolute Gasteiger partial charge is 0.335 e. The van der Waals surface area contributed by atoms with E-state index in [-0.39, 0.29) is 24.2 Å². The summed E-state index contributed by atoms with van der Waals surface area (Å²) in [5.41, 5.74) is 1.86. The van der Waals surface area contributed by atoms with E-state index in [4.69, 9.17) is 11.6 Å². The Morgan fingerprint density at radius 3 is 2.39 bits per heavy atom. The van der Waals surface area contributed by atoms with Crippen LogP contribution < -0.4 is 10.2 Å². The van der Waals surface area contributed by atoms with E-state index in [2.05, 4.69) is 5.32 Å². The molecule has 2 aromatic rings. The first-order chi connectivity index (χ1) is 16.8. The summed E-state index contributed by atoms with van der Waals surface area (Å²) in [5, 5.41) is 3.67. The molecule has 3 rings (SSSR count). The molecule has 1 aliphatic heterocycles. The Bertz CT molecular complexity index is 1100. The molecule has 196 valence electrons. The molecule has 0 saturated carbocycles. The molecule has 1 aliphatic rings. The van der Waals surface area contributed by atoms with Gasteiger partial charge in [-0.25, -0.2) is 0 Å². The third kappa shape index (κ3) is 6.57. The zero-order valence-corrected chi connectivity index (χ0v) is 21.7. The fourth-order valence-electron chi connectivity index (χ4n) is 4.34. The zero-order valence-electron chi connectivity index (χ0n) is 21.0. The molecule has 0 spiro atoms. The number of nitrogens with one attached hydrogen (secondary N) is 1. The molecule has 1 N–H and O–H groups in total. The van der Waals surface area contributed by atoms with Crippen LogP contribution >= 0.6 is 11.6 Å². The molecule has 0 atom stereocenters. The number of hydrogen-bond acceptors (Lipinski definition) is 4. The summed E-state index contributed by atoms with van der Waals surface area (Å²) in [6, 6.07) is 12.0. The summed E-state index contributed by atoms with van der Waals surface area (Å²) in [7, 11) is 3.67. The van der Waals surface area contributed by atoms with Crippen LogP contribution in [-0.2, 0) is 28.1 Å². The Hall–Kier alpha value is -2.62. The fourth-order valence-corrected chi connectivity index (χ4v) is 4.54. The van der Waals surface area contributed by atoms with Crippen LogP contribution in [0.25, 0.3) is 0 Å². The molecule has 2 amide bonds. The van der Waals surface area contributed by atoms with Gasteiger partial charge in [-0.05, 0) is 42.9 Å². The normalized spacial score (nSPS) is 14.9. The van der Waals surface area contributed by atoms with Gasteiger partial charge in [-0.2, -0.15) is 13.2 Å². The number of fused-ring (bicyclic) bond motifs is 1. The van der Waals surface area contributed by atoms with E-state index in [9.17, 15) is 22.8 Å². The topological polar surface area (TPSA) is 55.9 Å². The molecule has 6 nitrogen and oxygen atoms in total. The number of likely N-dealkylation sites (N-methyl/N-ethyl adjacent to an activating group) is 1. The van der Waals surface area contributed by atoms with Crippen LogP contribution in [0.15, 0.2) is 42.5 Å². The molecule has 0 aromatic heterocycles. The summed E-state index contributed by atoms with van der Waals surface area (Å²) in [5.74, 6) is -2.67. The van der Waals surface area contributed by atoms with Crippen molar-refractivity contribution in [1.82, 2.24) is 15.1 Å². The molecule has 1 heterocycles. The third-order valence-corrected chi connectivity index (χ3v) is 6.68. The first-order valence-corrected chi connectivity index (χ1v) is 12.1. The fraction of sp³-hybridized carbons (Fsp3) is 0.462. The number of amides is 2. The van der Waals surface area contributed by atoms with E-state index in [1.54, 1.807) is 30.3 Å². The van der Waals surface area contributed by atoms with Gasteiger partial charge in [0.15, 0.2) is 0 Å². The molecule has 10 heteroatoms. The van der Waals surface area contributed by atoms with E-state index in [0.29, 0.717) is 40.7 Å². The number of anilines is 1. The summed E-state index contributed by atoms with van der Waals surface area (Å²) in [6.45, 7) is 5.02. The molecule has 0 fully saturated rings. The van der Waals surface area contributed by atoms with E-state index < -0.39 is 24.5 Å². The Balaban J connectivity index is 1.99. The highest BCUT2D eigenvalue weighted by molar-refractivity contribution is 6.31. The maximum absolute atomic E-state index is 13.7. The molecular weight excluding hydrogens is 493 g/mol. The number of benzene rings is 2. The highest BCUT2D eigenvalue weighted by atomic mass is 35.5. The van der Waals surface area contributed by atoms with Crippen molar-refractivity contribution in [3.05, 3.63) is 64.2 Å². The zero-order chi connectivity index (χ0) is 26.7. The number of hydrogen-bond donors (Lipinski definition) is 1. The largest absolute Gasteiger partial charge is 0.471 e. The minimum absolute atomic E-state index is 0.0914. The van der Waals surface area contributed by atoms with Crippen molar-refractivity contribution in [2.24, 2.45) is 0 Å². The van der Waals surface area contributed by atoms with Crippen molar-refractivity contribution in [3.63, 3.8) is 0 Å². The number of carbonyl (C=O) groups excluding carboxylic acids is 2. The number of halogens is 4. The SMILES string of the molecule is CN(C)CCN(Cc1ccccc1Cl)C(=O)CN(C(=O)C(F)(F)F)c1cccc2c1CNCC2(C)C. The second-order valence-corrected chi connectivity index (χ2v) is 10.3. The second kappa shape index (κ2) is 11.2. The highest BCUT2D eigenvalue weighted by Gasteiger charge is 2.45. The van der Waals surface area contributed by atoms with Gasteiger partial charge in [-0.3, -0.25) is 14.5 Å². The minimum atomic E-state index is -5.14. The van der Waals surface area contributed by atoms with Crippen LogP contribution in [0.1, 0.15) is 30.5 Å². The van der Waals surface area contributed by atoms with Crippen molar-refractivity contribution in [2.45, 2.75) is 38.5 Å². The lowest BCUT2D eigenvalue weighted by Crippen LogP contribution is -2.49. The van der Waals surface area contributed by atoms with Gasteiger partial charge in [-0.1, -0.05) is 55.8 Å². The van der Waals surface area contributed by atoms with Gasteiger partial charge in [0.25, 0.3) is 0 Å². The minimum Gasteiger partial charge on any atom is -0.335 e. The average Bonchev–Trinajstić information content (AvgIpc) is 2.79. The van der Waals surface area contributed by atoms with Crippen LogP contribution in [0, 0.1) is 0 Å². The molecule has 0 radical (unpaired) electrons. The lowest BCUT2D eigenvalue weighted by Gasteiger charge is -2.37. The first-order valence-electron chi connectivity index (χ1n) is 11.7. The van der Waals surface area contributed by atoms with Gasteiger partial charge in [-0.15, -0.1) is 0 Å². The molecule has 2 aromatic carbocycles. The van der Waals surface area contributed by atoms with E-state index in [1.807, 2.05) is 38.9 Å². The van der Waals surface area contributed by atoms with Crippen LogP contribution in [0.5, 0.6) is 0 Å². The van der Waals surface area contributed by atoms with Crippen LogP contribution in [0.3, 0.4) is 0 Å². The van der Waals surface area contributed by atoms with Gasteiger partial charge in [0.2, 0.25) is 5.91 Å². The number of nitrogens with zero attached hydrogens (tertiary/aromatic N) is 3. The maximum Gasteiger partial charge on any atom is 0.471 e. The Morgan fingerprint density at radius 2 is 1.75 bits per heavy atom. The lowest BCUT2D eigenvalue weighted by atomic mass is 9.78. The summed E-state index contributed by atoms with van der Waals surface area (Å²) in [6.07, 6.45) is -5.14. The van der Waals surface area contributed by atoms with E-state index in [0.717, 1.165) is 5.56 Å². The predicted molar refractivity (Wildman–Crippen MR) is 135 cm³/mol. The van der Waals surface area contributed by atoms with Gasteiger partial charge >= 0.3 is 12.1 Å². The number of alkyl halides is 3. The number of carbonyl (C=O) groups is 2. The van der Waals surface area contributed by atoms with E-state index >= 15 is 0 Å². The van der Waals surface area contributed by atoms with Crippen molar-refractivity contribution in [3.8, 4) is 0 Å². The van der Waals surface area contributed by atoms with Crippen molar-refractivity contribution in [1.29, 1.82) is 0 Å². The maximum atomic E-state index is 13.7. The predicted octanol–water partition coefficient (Wildman–Crippen LogP) is 4.21. The highest BCUT2D eigenvalue weighted by Crippen LogP contribution is 2.36. The average molecular weight is 525 g/mol. The van der Waals surface area contributed by atoms with Gasteiger partial charge in [0.1, 0.15) is 6.54 Å².